The number of amides is 2. The normalized spacial score (nSPS) is 17.1. The predicted octanol–water partition coefficient (Wildman–Crippen LogP) is 5.09. The van der Waals surface area contributed by atoms with Gasteiger partial charge in [0.1, 0.15) is 10.7 Å². The maximum Gasteiger partial charge on any atom is 0.230 e. The molecule has 0 spiro atoms. The average molecular weight is 430 g/mol. The minimum Gasteiger partial charge on any atom is -0.353 e. The molecule has 2 aromatic rings. The molecule has 2 N–H and O–H groups in total. The lowest BCUT2D eigenvalue weighted by Gasteiger charge is -2.20. The lowest BCUT2D eigenvalue weighted by atomic mass is 9.87. The van der Waals surface area contributed by atoms with Crippen LogP contribution in [-0.2, 0) is 9.59 Å². The highest BCUT2D eigenvalue weighted by Crippen LogP contribution is 2.38. The average Bonchev–Trinajstić information content (AvgIpc) is 3.45. The molecule has 0 unspecified atom stereocenters. The zero-order valence-corrected chi connectivity index (χ0v) is 18.1. The van der Waals surface area contributed by atoms with E-state index in [1.165, 1.54) is 42.4 Å². The molecule has 2 saturated carbocycles. The standard InChI is InChI=1S/C22H27N3O2S2/c26-18(13-15-7-3-1-4-8-15)24-21-20(16-9-5-2-6-10-16)25-22(29-21)28-14-19(27)23-17-11-12-17/h2,5-6,9-10,15,17H,1,3-4,7-8,11-14H2,(H,23,27)(H,24,26). The minimum absolute atomic E-state index is 0.0526. The Labute approximate surface area is 180 Å². The summed E-state index contributed by atoms with van der Waals surface area (Å²) in [6.45, 7) is 0. The first-order valence-electron chi connectivity index (χ1n) is 10.5. The molecule has 29 heavy (non-hydrogen) atoms. The van der Waals surface area contributed by atoms with Crippen LogP contribution < -0.4 is 10.6 Å². The number of anilines is 1. The van der Waals surface area contributed by atoms with Gasteiger partial charge in [0.05, 0.1) is 5.75 Å². The fourth-order valence-corrected chi connectivity index (χ4v) is 5.59. The highest BCUT2D eigenvalue weighted by molar-refractivity contribution is 8.01. The van der Waals surface area contributed by atoms with Crippen molar-refractivity contribution in [3.63, 3.8) is 0 Å². The largest absolute Gasteiger partial charge is 0.353 e. The number of aromatic nitrogens is 1. The molecule has 0 atom stereocenters. The molecule has 4 rings (SSSR count). The van der Waals surface area contributed by atoms with Gasteiger partial charge in [-0.25, -0.2) is 4.98 Å². The van der Waals surface area contributed by atoms with Crippen LogP contribution in [0.25, 0.3) is 11.3 Å². The van der Waals surface area contributed by atoms with Gasteiger partial charge < -0.3 is 10.6 Å². The van der Waals surface area contributed by atoms with Gasteiger partial charge in [0, 0.05) is 18.0 Å². The van der Waals surface area contributed by atoms with Crippen molar-refractivity contribution < 1.29 is 9.59 Å². The van der Waals surface area contributed by atoms with Gasteiger partial charge in [-0.05, 0) is 31.6 Å². The Morgan fingerprint density at radius 2 is 1.79 bits per heavy atom. The molecule has 2 amide bonds. The molecule has 1 heterocycles. The van der Waals surface area contributed by atoms with Gasteiger partial charge in [0.15, 0.2) is 4.34 Å². The molecule has 154 valence electrons. The van der Waals surface area contributed by atoms with Gasteiger partial charge in [-0.3, -0.25) is 9.59 Å². The van der Waals surface area contributed by atoms with E-state index in [-0.39, 0.29) is 11.8 Å². The summed E-state index contributed by atoms with van der Waals surface area (Å²) in [5, 5.41) is 6.89. The number of nitrogens with zero attached hydrogens (tertiary/aromatic N) is 1. The molecule has 1 aromatic carbocycles. The maximum atomic E-state index is 12.7. The van der Waals surface area contributed by atoms with Gasteiger partial charge in [-0.2, -0.15) is 0 Å². The van der Waals surface area contributed by atoms with E-state index in [1.807, 2.05) is 30.3 Å². The number of carbonyl (C=O) groups excluding carboxylic acids is 2. The Bertz CT molecular complexity index is 843. The molecule has 0 bridgehead atoms. The van der Waals surface area contributed by atoms with Crippen molar-refractivity contribution in [3.05, 3.63) is 30.3 Å². The van der Waals surface area contributed by atoms with Crippen LogP contribution in [0.1, 0.15) is 51.4 Å². The summed E-state index contributed by atoms with van der Waals surface area (Å²) < 4.78 is 0.808. The first-order valence-corrected chi connectivity index (χ1v) is 12.3. The molecule has 0 saturated heterocycles. The molecular weight excluding hydrogens is 402 g/mol. The zero-order valence-electron chi connectivity index (χ0n) is 16.5. The molecule has 2 aliphatic carbocycles. The number of thioether (sulfide) groups is 1. The van der Waals surface area contributed by atoms with Crippen LogP contribution in [0.4, 0.5) is 5.00 Å². The van der Waals surface area contributed by atoms with Crippen LogP contribution in [0.2, 0.25) is 0 Å². The Hall–Kier alpha value is -1.86. The summed E-state index contributed by atoms with van der Waals surface area (Å²) in [4.78, 5) is 29.4. The van der Waals surface area contributed by atoms with Gasteiger partial charge in [0.2, 0.25) is 11.8 Å². The number of nitrogens with one attached hydrogen (secondary N) is 2. The third kappa shape index (κ3) is 6.06. The Kier molecular flexibility index (Phi) is 6.87. The molecule has 1 aromatic heterocycles. The van der Waals surface area contributed by atoms with Crippen LogP contribution in [0.5, 0.6) is 0 Å². The second-order valence-corrected chi connectivity index (χ2v) is 10.1. The van der Waals surface area contributed by atoms with E-state index in [9.17, 15) is 9.59 Å². The van der Waals surface area contributed by atoms with Gasteiger partial charge in [-0.1, -0.05) is 72.7 Å². The summed E-state index contributed by atoms with van der Waals surface area (Å²) in [6.07, 6.45) is 8.82. The fraction of sp³-hybridized carbons (Fsp3) is 0.500. The highest BCUT2D eigenvalue weighted by Gasteiger charge is 2.24. The summed E-state index contributed by atoms with van der Waals surface area (Å²) in [6, 6.07) is 10.3. The van der Waals surface area contributed by atoms with Gasteiger partial charge in [0.25, 0.3) is 0 Å². The van der Waals surface area contributed by atoms with Crippen molar-refractivity contribution in [1.29, 1.82) is 0 Å². The quantitative estimate of drug-likeness (QED) is 0.574. The van der Waals surface area contributed by atoms with E-state index in [2.05, 4.69) is 10.6 Å². The number of rotatable bonds is 8. The van der Waals surface area contributed by atoms with Crippen LogP contribution in [0, 0.1) is 5.92 Å². The third-order valence-corrected chi connectivity index (χ3v) is 7.49. The molecule has 2 fully saturated rings. The Balaban J connectivity index is 1.44. The first-order chi connectivity index (χ1) is 14.2. The molecule has 0 aliphatic heterocycles. The van der Waals surface area contributed by atoms with Crippen LogP contribution in [0.3, 0.4) is 0 Å². The summed E-state index contributed by atoms with van der Waals surface area (Å²) in [5.74, 6) is 0.975. The monoisotopic (exact) mass is 429 g/mol. The first kappa shape index (κ1) is 20.4. The second kappa shape index (κ2) is 9.76. The van der Waals surface area contributed by atoms with E-state index >= 15 is 0 Å². The summed E-state index contributed by atoms with van der Waals surface area (Å²) in [7, 11) is 0. The van der Waals surface area contributed by atoms with Crippen molar-refractivity contribution in [3.8, 4) is 11.3 Å². The van der Waals surface area contributed by atoms with E-state index in [0.717, 1.165) is 46.3 Å². The highest BCUT2D eigenvalue weighted by atomic mass is 32.2. The fourth-order valence-electron chi connectivity index (χ4n) is 3.69. The topological polar surface area (TPSA) is 71.1 Å². The van der Waals surface area contributed by atoms with Crippen molar-refractivity contribution in [2.24, 2.45) is 5.92 Å². The minimum atomic E-state index is 0.0526. The smallest absolute Gasteiger partial charge is 0.230 e. The summed E-state index contributed by atoms with van der Waals surface area (Å²) in [5.41, 5.74) is 1.77. The van der Waals surface area contributed by atoms with E-state index in [1.54, 1.807) is 0 Å². The van der Waals surface area contributed by atoms with Crippen LogP contribution >= 0.6 is 23.1 Å². The molecule has 2 aliphatic rings. The third-order valence-electron chi connectivity index (χ3n) is 5.38. The zero-order chi connectivity index (χ0) is 20.1. The molecule has 5 nitrogen and oxygen atoms in total. The van der Waals surface area contributed by atoms with Gasteiger partial charge in [-0.15, -0.1) is 0 Å². The van der Waals surface area contributed by atoms with E-state index in [4.69, 9.17) is 4.98 Å². The van der Waals surface area contributed by atoms with Crippen LogP contribution in [0.15, 0.2) is 34.7 Å². The number of carbonyl (C=O) groups is 2. The van der Waals surface area contributed by atoms with E-state index < -0.39 is 0 Å². The molecule has 7 heteroatoms. The number of benzene rings is 1. The maximum absolute atomic E-state index is 12.7. The second-order valence-electron chi connectivity index (χ2n) is 7.91. The number of hydrogen-bond acceptors (Lipinski definition) is 5. The lowest BCUT2D eigenvalue weighted by molar-refractivity contribution is -0.119. The van der Waals surface area contributed by atoms with Gasteiger partial charge >= 0.3 is 0 Å². The van der Waals surface area contributed by atoms with Crippen molar-refractivity contribution in [1.82, 2.24) is 10.3 Å². The molecular formula is C22H27N3O2S2. The Morgan fingerprint density at radius 1 is 1.03 bits per heavy atom. The van der Waals surface area contributed by atoms with Crippen molar-refractivity contribution in [2.75, 3.05) is 11.1 Å². The number of hydrogen-bond donors (Lipinski definition) is 2. The summed E-state index contributed by atoms with van der Waals surface area (Å²) >= 11 is 2.90. The van der Waals surface area contributed by atoms with E-state index in [0.29, 0.717) is 24.1 Å². The lowest BCUT2D eigenvalue weighted by Crippen LogP contribution is -2.26. The SMILES string of the molecule is O=C(CC1CCCCC1)Nc1sc(SCC(=O)NC2CC2)nc1-c1ccccc1. The van der Waals surface area contributed by atoms with Crippen molar-refractivity contribution >= 4 is 39.9 Å². The number of thiazole rings is 1. The van der Waals surface area contributed by atoms with Crippen LogP contribution in [-0.4, -0.2) is 28.6 Å². The molecule has 0 radical (unpaired) electrons. The Morgan fingerprint density at radius 3 is 2.52 bits per heavy atom. The van der Waals surface area contributed by atoms with Crippen molar-refractivity contribution in [2.45, 2.75) is 61.7 Å². The predicted molar refractivity (Wildman–Crippen MR) is 119 cm³/mol.